The van der Waals surface area contributed by atoms with Crippen molar-refractivity contribution in [2.75, 3.05) is 7.05 Å². The number of carbonyl (C=O) groups excluding carboxylic acids is 1. The van der Waals surface area contributed by atoms with Crippen LogP contribution in [-0.4, -0.2) is 23.9 Å². The first-order valence-corrected chi connectivity index (χ1v) is 5.08. The normalized spacial score (nSPS) is 14.0. The van der Waals surface area contributed by atoms with Gasteiger partial charge in [-0.15, -0.1) is 0 Å². The van der Waals surface area contributed by atoms with E-state index in [1.54, 1.807) is 0 Å². The monoisotopic (exact) mass is 185 g/mol. The highest BCUT2D eigenvalue weighted by Gasteiger charge is 2.26. The van der Waals surface area contributed by atoms with Crippen LogP contribution in [0.3, 0.4) is 0 Å². The second-order valence-electron chi connectivity index (χ2n) is 4.80. The van der Waals surface area contributed by atoms with Crippen molar-refractivity contribution in [3.8, 4) is 0 Å². The van der Waals surface area contributed by atoms with Crippen LogP contribution in [0.25, 0.3) is 0 Å². The average Bonchev–Trinajstić information content (AvgIpc) is 2.00. The number of carbonyl (C=O) groups is 1. The lowest BCUT2D eigenvalue weighted by atomic mass is 9.94. The molecule has 78 valence electrons. The van der Waals surface area contributed by atoms with E-state index in [-0.39, 0.29) is 11.3 Å². The minimum atomic E-state index is -0.253. The highest BCUT2D eigenvalue weighted by atomic mass is 16.2. The summed E-state index contributed by atoms with van der Waals surface area (Å²) in [6.45, 7) is 10.1. The van der Waals surface area contributed by atoms with Gasteiger partial charge in [0, 0.05) is 18.5 Å². The van der Waals surface area contributed by atoms with Crippen molar-refractivity contribution in [1.29, 1.82) is 0 Å². The smallest absolute Gasteiger partial charge is 0.227 e. The molecule has 0 aliphatic carbocycles. The first-order chi connectivity index (χ1) is 5.80. The molecular formula is C11H23NO. The second kappa shape index (κ2) is 4.64. The quantitative estimate of drug-likeness (QED) is 0.662. The zero-order valence-electron chi connectivity index (χ0n) is 9.85. The van der Waals surface area contributed by atoms with E-state index in [1.807, 2.05) is 32.7 Å². The second-order valence-corrected chi connectivity index (χ2v) is 4.80. The summed E-state index contributed by atoms with van der Waals surface area (Å²) in [5.41, 5.74) is -0.253. The predicted octanol–water partition coefficient (Wildman–Crippen LogP) is 2.68. The third-order valence-corrected chi connectivity index (χ3v) is 2.33. The van der Waals surface area contributed by atoms with E-state index >= 15 is 0 Å². The maximum atomic E-state index is 11.8. The molecule has 0 saturated carbocycles. The maximum Gasteiger partial charge on any atom is 0.227 e. The van der Waals surface area contributed by atoms with E-state index in [9.17, 15) is 4.79 Å². The SMILES string of the molecule is CCC[C@H](C)N(C)C(=O)C(C)(C)C. The van der Waals surface area contributed by atoms with Crippen LogP contribution < -0.4 is 0 Å². The molecule has 0 unspecified atom stereocenters. The van der Waals surface area contributed by atoms with Crippen molar-refractivity contribution in [2.24, 2.45) is 5.41 Å². The molecule has 0 aliphatic heterocycles. The van der Waals surface area contributed by atoms with Gasteiger partial charge in [0.05, 0.1) is 0 Å². The molecule has 0 fully saturated rings. The fourth-order valence-electron chi connectivity index (χ4n) is 1.34. The summed E-state index contributed by atoms with van der Waals surface area (Å²) >= 11 is 0. The highest BCUT2D eigenvalue weighted by Crippen LogP contribution is 2.18. The zero-order chi connectivity index (χ0) is 10.6. The number of hydrogen-bond donors (Lipinski definition) is 0. The van der Waals surface area contributed by atoms with Gasteiger partial charge in [-0.25, -0.2) is 0 Å². The van der Waals surface area contributed by atoms with Crippen LogP contribution >= 0.6 is 0 Å². The summed E-state index contributed by atoms with van der Waals surface area (Å²) in [7, 11) is 1.90. The van der Waals surface area contributed by atoms with Crippen molar-refractivity contribution < 1.29 is 4.79 Å². The van der Waals surface area contributed by atoms with Crippen LogP contribution in [0.5, 0.6) is 0 Å². The van der Waals surface area contributed by atoms with Crippen LogP contribution in [0.4, 0.5) is 0 Å². The van der Waals surface area contributed by atoms with E-state index in [4.69, 9.17) is 0 Å². The lowest BCUT2D eigenvalue weighted by Crippen LogP contribution is -2.41. The van der Waals surface area contributed by atoms with Gasteiger partial charge in [0.1, 0.15) is 0 Å². The summed E-state index contributed by atoms with van der Waals surface area (Å²) in [6.07, 6.45) is 2.21. The summed E-state index contributed by atoms with van der Waals surface area (Å²) in [6, 6.07) is 0.358. The van der Waals surface area contributed by atoms with E-state index < -0.39 is 0 Å². The summed E-state index contributed by atoms with van der Waals surface area (Å²) in [5.74, 6) is 0.230. The largest absolute Gasteiger partial charge is 0.343 e. The molecule has 1 atom stereocenters. The van der Waals surface area contributed by atoms with Crippen LogP contribution in [0.15, 0.2) is 0 Å². The van der Waals surface area contributed by atoms with Gasteiger partial charge in [-0.05, 0) is 13.3 Å². The number of nitrogens with zero attached hydrogens (tertiary/aromatic N) is 1. The Morgan fingerprint density at radius 3 is 2.15 bits per heavy atom. The molecule has 2 heteroatoms. The van der Waals surface area contributed by atoms with Crippen LogP contribution in [0.2, 0.25) is 0 Å². The van der Waals surface area contributed by atoms with E-state index in [1.165, 1.54) is 0 Å². The molecule has 0 spiro atoms. The Balaban J connectivity index is 4.26. The lowest BCUT2D eigenvalue weighted by Gasteiger charge is -2.30. The van der Waals surface area contributed by atoms with E-state index in [0.29, 0.717) is 6.04 Å². The Bertz CT molecular complexity index is 169. The molecule has 0 aromatic carbocycles. The van der Waals surface area contributed by atoms with Gasteiger partial charge in [-0.3, -0.25) is 4.79 Å². The molecule has 0 aliphatic rings. The lowest BCUT2D eigenvalue weighted by molar-refractivity contribution is -0.140. The summed E-state index contributed by atoms with van der Waals surface area (Å²) in [5, 5.41) is 0. The van der Waals surface area contributed by atoms with Crippen molar-refractivity contribution in [2.45, 2.75) is 53.5 Å². The Morgan fingerprint density at radius 2 is 1.85 bits per heavy atom. The molecule has 0 heterocycles. The summed E-state index contributed by atoms with van der Waals surface area (Å²) in [4.78, 5) is 13.7. The Kier molecular flexibility index (Phi) is 4.45. The fraction of sp³-hybridized carbons (Fsp3) is 0.909. The van der Waals surface area contributed by atoms with Crippen molar-refractivity contribution in [3.63, 3.8) is 0 Å². The average molecular weight is 185 g/mol. The van der Waals surface area contributed by atoms with Crippen molar-refractivity contribution >= 4 is 5.91 Å². The molecule has 1 amide bonds. The molecule has 0 rings (SSSR count). The first-order valence-electron chi connectivity index (χ1n) is 5.08. The predicted molar refractivity (Wildman–Crippen MR) is 56.6 cm³/mol. The van der Waals surface area contributed by atoms with Crippen LogP contribution in [0.1, 0.15) is 47.5 Å². The van der Waals surface area contributed by atoms with Gasteiger partial charge in [0.2, 0.25) is 5.91 Å². The number of hydrogen-bond acceptors (Lipinski definition) is 1. The van der Waals surface area contributed by atoms with Gasteiger partial charge in [0.25, 0.3) is 0 Å². The number of rotatable bonds is 3. The first kappa shape index (κ1) is 12.5. The molecule has 0 radical (unpaired) electrons. The van der Waals surface area contributed by atoms with Crippen LogP contribution in [-0.2, 0) is 4.79 Å². The van der Waals surface area contributed by atoms with Gasteiger partial charge >= 0.3 is 0 Å². The fourth-order valence-corrected chi connectivity index (χ4v) is 1.34. The van der Waals surface area contributed by atoms with Gasteiger partial charge in [-0.2, -0.15) is 0 Å². The topological polar surface area (TPSA) is 20.3 Å². The molecule has 0 N–H and O–H groups in total. The van der Waals surface area contributed by atoms with Gasteiger partial charge in [0.15, 0.2) is 0 Å². The molecule has 0 aromatic rings. The molecule has 0 bridgehead atoms. The zero-order valence-corrected chi connectivity index (χ0v) is 9.85. The van der Waals surface area contributed by atoms with E-state index in [2.05, 4.69) is 13.8 Å². The molecular weight excluding hydrogens is 162 g/mol. The Labute approximate surface area is 82.3 Å². The summed E-state index contributed by atoms with van der Waals surface area (Å²) < 4.78 is 0. The van der Waals surface area contributed by atoms with Gasteiger partial charge < -0.3 is 4.90 Å². The number of amides is 1. The Morgan fingerprint density at radius 1 is 1.38 bits per heavy atom. The molecule has 13 heavy (non-hydrogen) atoms. The molecule has 0 saturated heterocycles. The van der Waals surface area contributed by atoms with E-state index in [0.717, 1.165) is 12.8 Å². The molecule has 0 aromatic heterocycles. The van der Waals surface area contributed by atoms with Crippen molar-refractivity contribution in [1.82, 2.24) is 4.90 Å². The van der Waals surface area contributed by atoms with Crippen LogP contribution in [0, 0.1) is 5.41 Å². The Hall–Kier alpha value is -0.530. The minimum absolute atomic E-state index is 0.230. The maximum absolute atomic E-state index is 11.8. The standard InChI is InChI=1S/C11H23NO/c1-7-8-9(2)12(6)10(13)11(3,4)5/h9H,7-8H2,1-6H3/t9-/m0/s1. The van der Waals surface area contributed by atoms with Gasteiger partial charge in [-0.1, -0.05) is 34.1 Å². The van der Waals surface area contributed by atoms with Crippen molar-refractivity contribution in [3.05, 3.63) is 0 Å². The molecule has 2 nitrogen and oxygen atoms in total. The highest BCUT2D eigenvalue weighted by molar-refractivity contribution is 5.81. The minimum Gasteiger partial charge on any atom is -0.343 e. The third-order valence-electron chi connectivity index (χ3n) is 2.33. The third kappa shape index (κ3) is 3.79.